The number of ether oxygens (including phenoxy) is 2. The Morgan fingerprint density at radius 2 is 1.85 bits per heavy atom. The van der Waals surface area contributed by atoms with Crippen LogP contribution in [0.5, 0.6) is 5.75 Å². The minimum atomic E-state index is -1.55. The topological polar surface area (TPSA) is 58.9 Å². The molecule has 0 aromatic heterocycles. The maximum absolute atomic E-state index is 9.59. The number of fused-ring (bicyclic) bond motifs is 1. The summed E-state index contributed by atoms with van der Waals surface area (Å²) in [4.78, 5) is 0. The normalized spacial score (nSPS) is 10.8. The predicted molar refractivity (Wildman–Crippen MR) is 80.4 cm³/mol. The van der Waals surface area contributed by atoms with Gasteiger partial charge in [-0.1, -0.05) is 30.3 Å². The molecule has 0 fully saturated rings. The highest BCUT2D eigenvalue weighted by Gasteiger charge is 2.20. The molecule has 0 amide bonds. The van der Waals surface area contributed by atoms with E-state index in [0.717, 1.165) is 17.2 Å². The second-order valence-corrected chi connectivity index (χ2v) is 4.47. The lowest BCUT2D eigenvalue weighted by atomic mass is 9.76. The van der Waals surface area contributed by atoms with Crippen molar-refractivity contribution in [3.63, 3.8) is 0 Å². The summed E-state index contributed by atoms with van der Waals surface area (Å²) in [7, 11) is -1.55. The van der Waals surface area contributed by atoms with Crippen molar-refractivity contribution in [2.75, 3.05) is 19.8 Å². The highest BCUT2D eigenvalue weighted by molar-refractivity contribution is 6.63. The molecule has 0 saturated heterocycles. The van der Waals surface area contributed by atoms with E-state index in [1.54, 1.807) is 6.07 Å². The average Bonchev–Trinajstić information content (AvgIpc) is 2.46. The zero-order chi connectivity index (χ0) is 14.4. The van der Waals surface area contributed by atoms with Gasteiger partial charge in [-0.3, -0.25) is 0 Å². The molecule has 4 nitrogen and oxygen atoms in total. The van der Waals surface area contributed by atoms with E-state index in [1.165, 1.54) is 0 Å². The Morgan fingerprint density at radius 1 is 1.05 bits per heavy atom. The summed E-state index contributed by atoms with van der Waals surface area (Å²) in [5.74, 6) is 0.509. The van der Waals surface area contributed by atoms with Crippen LogP contribution in [0.2, 0.25) is 0 Å². The molecule has 0 aliphatic carbocycles. The van der Waals surface area contributed by atoms with Crippen LogP contribution >= 0.6 is 0 Å². The Bertz CT molecular complexity index is 557. The first-order valence-electron chi connectivity index (χ1n) is 6.82. The van der Waals surface area contributed by atoms with E-state index in [4.69, 9.17) is 9.47 Å². The average molecular weight is 274 g/mol. The van der Waals surface area contributed by atoms with Gasteiger partial charge in [0.25, 0.3) is 0 Å². The maximum Gasteiger partial charge on any atom is 0.492 e. The molecule has 0 spiro atoms. The molecule has 0 bridgehead atoms. The van der Waals surface area contributed by atoms with Crippen LogP contribution in [0.4, 0.5) is 0 Å². The standard InChI is InChI=1S/C15H19BO4/c1-2-19-10-5-11-20-14-9-8-12-6-3-4-7-13(12)15(14)16(17)18/h3-4,6-9,17-18H,2,5,10-11H2,1H3. The summed E-state index contributed by atoms with van der Waals surface area (Å²) in [5.41, 5.74) is 0.416. The Morgan fingerprint density at radius 3 is 2.60 bits per heavy atom. The van der Waals surface area contributed by atoms with E-state index in [0.29, 0.717) is 31.0 Å². The third kappa shape index (κ3) is 3.51. The van der Waals surface area contributed by atoms with Gasteiger partial charge in [-0.2, -0.15) is 0 Å². The molecule has 0 radical (unpaired) electrons. The van der Waals surface area contributed by atoms with Crippen LogP contribution in [0, 0.1) is 0 Å². The summed E-state index contributed by atoms with van der Waals surface area (Å²) in [6.07, 6.45) is 0.766. The van der Waals surface area contributed by atoms with Gasteiger partial charge < -0.3 is 19.5 Å². The molecular formula is C15H19BO4. The fourth-order valence-electron chi connectivity index (χ4n) is 2.16. The van der Waals surface area contributed by atoms with Crippen LogP contribution in [-0.4, -0.2) is 37.0 Å². The molecular weight excluding hydrogens is 255 g/mol. The van der Waals surface area contributed by atoms with Crippen molar-refractivity contribution in [1.82, 2.24) is 0 Å². The lowest BCUT2D eigenvalue weighted by molar-refractivity contribution is 0.131. The van der Waals surface area contributed by atoms with Crippen molar-refractivity contribution in [3.05, 3.63) is 36.4 Å². The molecule has 2 N–H and O–H groups in total. The highest BCUT2D eigenvalue weighted by Crippen LogP contribution is 2.19. The summed E-state index contributed by atoms with van der Waals surface area (Å²) >= 11 is 0. The molecule has 0 aliphatic heterocycles. The van der Waals surface area contributed by atoms with Gasteiger partial charge in [0.15, 0.2) is 0 Å². The number of hydrogen-bond acceptors (Lipinski definition) is 4. The molecule has 0 aliphatic rings. The lowest BCUT2D eigenvalue weighted by Gasteiger charge is -2.13. The van der Waals surface area contributed by atoms with Crippen LogP contribution in [0.25, 0.3) is 10.8 Å². The zero-order valence-electron chi connectivity index (χ0n) is 11.6. The van der Waals surface area contributed by atoms with Crippen LogP contribution in [0.3, 0.4) is 0 Å². The van der Waals surface area contributed by atoms with Crippen molar-refractivity contribution >= 4 is 23.4 Å². The van der Waals surface area contributed by atoms with Crippen molar-refractivity contribution < 1.29 is 19.5 Å². The molecule has 0 heterocycles. The minimum Gasteiger partial charge on any atom is -0.494 e. The molecule has 2 aromatic rings. The van der Waals surface area contributed by atoms with Gasteiger partial charge in [-0.15, -0.1) is 0 Å². The first kappa shape index (κ1) is 14.8. The molecule has 0 atom stereocenters. The van der Waals surface area contributed by atoms with Crippen LogP contribution in [-0.2, 0) is 4.74 Å². The first-order chi connectivity index (χ1) is 9.74. The van der Waals surface area contributed by atoms with Gasteiger partial charge in [0.05, 0.1) is 6.61 Å². The molecule has 106 valence electrons. The van der Waals surface area contributed by atoms with Crippen LogP contribution in [0.15, 0.2) is 36.4 Å². The van der Waals surface area contributed by atoms with E-state index in [-0.39, 0.29) is 0 Å². The van der Waals surface area contributed by atoms with E-state index in [2.05, 4.69) is 0 Å². The SMILES string of the molecule is CCOCCCOc1ccc2ccccc2c1B(O)O. The Kier molecular flexibility index (Phi) is 5.41. The third-order valence-electron chi connectivity index (χ3n) is 3.08. The largest absolute Gasteiger partial charge is 0.494 e. The Hall–Kier alpha value is -1.56. The highest BCUT2D eigenvalue weighted by atomic mass is 16.5. The van der Waals surface area contributed by atoms with Crippen molar-refractivity contribution in [2.45, 2.75) is 13.3 Å². The zero-order valence-corrected chi connectivity index (χ0v) is 11.6. The number of benzene rings is 2. The second kappa shape index (κ2) is 7.29. The van der Waals surface area contributed by atoms with Crippen molar-refractivity contribution in [2.24, 2.45) is 0 Å². The summed E-state index contributed by atoms with van der Waals surface area (Å²) in [6, 6.07) is 11.3. The smallest absolute Gasteiger partial charge is 0.492 e. The first-order valence-corrected chi connectivity index (χ1v) is 6.82. The van der Waals surface area contributed by atoms with E-state index in [9.17, 15) is 10.0 Å². The fraction of sp³-hybridized carbons (Fsp3) is 0.333. The third-order valence-corrected chi connectivity index (χ3v) is 3.08. The second-order valence-electron chi connectivity index (χ2n) is 4.47. The Balaban J connectivity index is 2.17. The molecule has 2 rings (SSSR count). The van der Waals surface area contributed by atoms with E-state index in [1.807, 2.05) is 37.3 Å². The fourth-order valence-corrected chi connectivity index (χ4v) is 2.16. The lowest BCUT2D eigenvalue weighted by Crippen LogP contribution is -2.32. The van der Waals surface area contributed by atoms with E-state index < -0.39 is 7.12 Å². The summed E-state index contributed by atoms with van der Waals surface area (Å²) in [5, 5.41) is 20.9. The predicted octanol–water partition coefficient (Wildman–Crippen LogP) is 1.32. The summed E-state index contributed by atoms with van der Waals surface area (Å²) in [6.45, 7) is 3.76. The molecule has 5 heteroatoms. The Labute approximate surface area is 119 Å². The van der Waals surface area contributed by atoms with Crippen molar-refractivity contribution in [3.8, 4) is 5.75 Å². The van der Waals surface area contributed by atoms with Crippen LogP contribution < -0.4 is 10.2 Å². The maximum atomic E-state index is 9.59. The van der Waals surface area contributed by atoms with Crippen molar-refractivity contribution in [1.29, 1.82) is 0 Å². The molecule has 0 unspecified atom stereocenters. The minimum absolute atomic E-state index is 0.416. The van der Waals surface area contributed by atoms with Gasteiger partial charge in [0, 0.05) is 25.1 Å². The van der Waals surface area contributed by atoms with Gasteiger partial charge in [-0.05, 0) is 23.8 Å². The number of rotatable bonds is 7. The van der Waals surface area contributed by atoms with E-state index >= 15 is 0 Å². The van der Waals surface area contributed by atoms with Crippen LogP contribution in [0.1, 0.15) is 13.3 Å². The molecule has 2 aromatic carbocycles. The summed E-state index contributed by atoms with van der Waals surface area (Å²) < 4.78 is 10.9. The molecule has 20 heavy (non-hydrogen) atoms. The van der Waals surface area contributed by atoms with Gasteiger partial charge in [0.2, 0.25) is 0 Å². The monoisotopic (exact) mass is 274 g/mol. The van der Waals surface area contributed by atoms with Gasteiger partial charge in [-0.25, -0.2) is 0 Å². The quantitative estimate of drug-likeness (QED) is 0.590. The van der Waals surface area contributed by atoms with Gasteiger partial charge >= 0.3 is 7.12 Å². The molecule has 0 saturated carbocycles. The van der Waals surface area contributed by atoms with Gasteiger partial charge in [0.1, 0.15) is 5.75 Å². The number of hydrogen-bond donors (Lipinski definition) is 2.